The summed E-state index contributed by atoms with van der Waals surface area (Å²) in [6, 6.07) is 10.0. The minimum Gasteiger partial charge on any atom is -0.507 e. The van der Waals surface area contributed by atoms with E-state index in [1.165, 1.54) is 37.4 Å². The summed E-state index contributed by atoms with van der Waals surface area (Å²) >= 11 is 0. The van der Waals surface area contributed by atoms with Crippen molar-refractivity contribution in [3.05, 3.63) is 82.4 Å². The summed E-state index contributed by atoms with van der Waals surface area (Å²) in [5.74, 6) is -4.08. The van der Waals surface area contributed by atoms with Gasteiger partial charge in [-0.25, -0.2) is 22.0 Å². The number of sulfonamides is 1. The van der Waals surface area contributed by atoms with Crippen molar-refractivity contribution in [1.29, 1.82) is 0 Å². The number of carboxylic acid groups (broad SMARTS) is 1. The molecule has 0 unspecified atom stereocenters. The summed E-state index contributed by atoms with van der Waals surface area (Å²) in [6.07, 6.45) is 2.45. The fourth-order valence-electron chi connectivity index (χ4n) is 4.68. The summed E-state index contributed by atoms with van der Waals surface area (Å²) in [4.78, 5) is 24.5. The van der Waals surface area contributed by atoms with Crippen molar-refractivity contribution in [2.45, 2.75) is 25.3 Å². The van der Waals surface area contributed by atoms with Gasteiger partial charge in [-0.15, -0.1) is 0 Å². The Morgan fingerprint density at radius 3 is 2.35 bits per heavy atom. The molecule has 9 nitrogen and oxygen atoms in total. The molecule has 1 amide bonds. The van der Waals surface area contributed by atoms with Gasteiger partial charge in [-0.1, -0.05) is 0 Å². The highest BCUT2D eigenvalue weighted by Crippen LogP contribution is 2.48. The zero-order chi connectivity index (χ0) is 28.9. The van der Waals surface area contributed by atoms with Crippen LogP contribution in [0.15, 0.2) is 52.9 Å². The Morgan fingerprint density at radius 2 is 1.77 bits per heavy atom. The number of fused-ring (bicyclic) bond motifs is 1. The lowest BCUT2D eigenvalue weighted by atomic mass is 10.00. The Labute approximate surface area is 227 Å². The molecule has 0 bridgehead atoms. The van der Waals surface area contributed by atoms with E-state index in [0.717, 1.165) is 29.5 Å². The maximum absolute atomic E-state index is 14.8. The number of anilines is 1. The molecule has 0 spiro atoms. The van der Waals surface area contributed by atoms with Crippen molar-refractivity contribution in [3.8, 4) is 17.1 Å². The number of benzene rings is 3. The summed E-state index contributed by atoms with van der Waals surface area (Å²) in [5, 5.41) is 22.2. The predicted molar refractivity (Wildman–Crippen MR) is 143 cm³/mol. The van der Waals surface area contributed by atoms with E-state index < -0.39 is 51.4 Å². The fraction of sp³-hybridized carbons (Fsp3) is 0.214. The van der Waals surface area contributed by atoms with Crippen LogP contribution < -0.4 is 9.62 Å². The molecule has 12 heteroatoms. The van der Waals surface area contributed by atoms with Crippen LogP contribution in [0.2, 0.25) is 0 Å². The van der Waals surface area contributed by atoms with Gasteiger partial charge in [0.25, 0.3) is 5.91 Å². The number of aromatic carboxylic acids is 1. The third-order valence-electron chi connectivity index (χ3n) is 6.79. The molecule has 4 aromatic rings. The largest absolute Gasteiger partial charge is 0.507 e. The van der Waals surface area contributed by atoms with Crippen molar-refractivity contribution < 1.29 is 41.4 Å². The molecule has 3 N–H and O–H groups in total. The lowest BCUT2D eigenvalue weighted by molar-refractivity contribution is 0.0693. The van der Waals surface area contributed by atoms with Crippen LogP contribution in [-0.4, -0.2) is 43.8 Å². The summed E-state index contributed by atoms with van der Waals surface area (Å²) in [7, 11) is -2.61. The molecule has 5 rings (SSSR count). The average molecular weight is 571 g/mol. The van der Waals surface area contributed by atoms with Gasteiger partial charge < -0.3 is 19.9 Å². The van der Waals surface area contributed by atoms with Crippen LogP contribution in [0.25, 0.3) is 22.3 Å². The average Bonchev–Trinajstić information content (AvgIpc) is 3.67. The fourth-order valence-corrected chi connectivity index (χ4v) is 5.57. The zero-order valence-electron chi connectivity index (χ0n) is 21.4. The molecular formula is C28H24F2N2O7S. The molecule has 1 aromatic heterocycles. The highest BCUT2D eigenvalue weighted by atomic mass is 32.2. The first-order chi connectivity index (χ1) is 18.9. The number of amides is 1. The zero-order valence-corrected chi connectivity index (χ0v) is 22.2. The highest BCUT2D eigenvalue weighted by molar-refractivity contribution is 7.92. The predicted octanol–water partition coefficient (Wildman–Crippen LogP) is 4.99. The third-order valence-corrected chi connectivity index (χ3v) is 7.92. The first kappa shape index (κ1) is 27.1. The van der Waals surface area contributed by atoms with Gasteiger partial charge in [0.2, 0.25) is 10.0 Å². The van der Waals surface area contributed by atoms with Crippen molar-refractivity contribution >= 4 is 38.6 Å². The Bertz CT molecular complexity index is 1780. The van der Waals surface area contributed by atoms with E-state index in [9.17, 15) is 37.0 Å². The second-order valence-electron chi connectivity index (χ2n) is 9.61. The van der Waals surface area contributed by atoms with E-state index in [4.69, 9.17) is 4.42 Å². The highest BCUT2D eigenvalue weighted by Gasteiger charge is 2.33. The Hall–Kier alpha value is -4.45. The molecule has 1 aliphatic carbocycles. The van der Waals surface area contributed by atoms with E-state index in [1.807, 2.05) is 0 Å². The molecule has 0 atom stereocenters. The Morgan fingerprint density at radius 1 is 1.10 bits per heavy atom. The number of hydrogen-bond donors (Lipinski definition) is 3. The molecule has 0 radical (unpaired) electrons. The number of carboxylic acids is 1. The number of furan rings is 1. The molecule has 1 fully saturated rings. The van der Waals surface area contributed by atoms with Gasteiger partial charge in [0.05, 0.1) is 24.1 Å². The smallest absolute Gasteiger partial charge is 0.339 e. The third kappa shape index (κ3) is 4.97. The first-order valence-corrected chi connectivity index (χ1v) is 14.0. The van der Waals surface area contributed by atoms with Gasteiger partial charge >= 0.3 is 5.97 Å². The maximum Gasteiger partial charge on any atom is 0.339 e. The van der Waals surface area contributed by atoms with Crippen LogP contribution >= 0.6 is 0 Å². The van der Waals surface area contributed by atoms with Crippen LogP contribution in [0.1, 0.15) is 50.6 Å². The number of carbonyl (C=O) groups is 2. The summed E-state index contributed by atoms with van der Waals surface area (Å²) in [5.41, 5.74) is 0.727. The second-order valence-corrected chi connectivity index (χ2v) is 11.5. The molecule has 1 aliphatic rings. The number of phenols is 1. The van der Waals surface area contributed by atoms with Gasteiger partial charge in [0.15, 0.2) is 0 Å². The minimum absolute atomic E-state index is 0.0374. The van der Waals surface area contributed by atoms with Crippen LogP contribution in [0.5, 0.6) is 5.75 Å². The van der Waals surface area contributed by atoms with Crippen LogP contribution in [-0.2, 0) is 16.6 Å². The van der Waals surface area contributed by atoms with Gasteiger partial charge in [-0.05, 0) is 60.7 Å². The lowest BCUT2D eigenvalue weighted by Crippen LogP contribution is -2.30. The van der Waals surface area contributed by atoms with Gasteiger partial charge in [0, 0.05) is 35.7 Å². The van der Waals surface area contributed by atoms with Gasteiger partial charge in [-0.3, -0.25) is 9.10 Å². The standard InChI is InChI=1S/C28H24F2N2O7S/c1-31-27(34)25-20-10-18(14-3-4-14)22(12-24(20)39-26(25)15-5-7-17(29)8-6-15)32(40(2,37)38)13-16-9-19(28(35)36)23(33)11-21(16)30/h5-12,14,33H,3-4,13H2,1-2H3,(H,31,34)(H,35,36). The normalized spacial score (nSPS) is 13.4. The molecule has 208 valence electrons. The van der Waals surface area contributed by atoms with Gasteiger partial charge in [-0.2, -0.15) is 0 Å². The van der Waals surface area contributed by atoms with Gasteiger partial charge in [0.1, 0.15) is 34.3 Å². The number of nitrogens with zero attached hydrogens (tertiary/aromatic N) is 1. The monoisotopic (exact) mass is 570 g/mol. The number of hydrogen-bond acceptors (Lipinski definition) is 6. The quantitative estimate of drug-likeness (QED) is 0.272. The van der Waals surface area contributed by atoms with Crippen LogP contribution in [0.3, 0.4) is 0 Å². The van der Waals surface area contributed by atoms with Crippen molar-refractivity contribution in [1.82, 2.24) is 5.32 Å². The molecule has 0 saturated heterocycles. The number of carbonyl (C=O) groups excluding carboxylic acids is 1. The number of aromatic hydroxyl groups is 1. The molecule has 1 saturated carbocycles. The maximum atomic E-state index is 14.8. The Kier molecular flexibility index (Phi) is 6.74. The van der Waals surface area contributed by atoms with Crippen LogP contribution in [0.4, 0.5) is 14.5 Å². The molecule has 3 aromatic carbocycles. The van der Waals surface area contributed by atoms with E-state index in [-0.39, 0.29) is 34.1 Å². The van der Waals surface area contributed by atoms with Crippen LogP contribution in [0, 0.1) is 11.6 Å². The number of halogens is 2. The second kappa shape index (κ2) is 9.94. The molecule has 0 aliphatic heterocycles. The van der Waals surface area contributed by atoms with E-state index in [2.05, 4.69) is 5.32 Å². The Balaban J connectivity index is 1.73. The summed E-state index contributed by atoms with van der Waals surface area (Å²) < 4.78 is 61.5. The number of nitrogens with one attached hydrogen (secondary N) is 1. The van der Waals surface area contributed by atoms with Crippen molar-refractivity contribution in [3.63, 3.8) is 0 Å². The molecule has 1 heterocycles. The van der Waals surface area contributed by atoms with Crippen molar-refractivity contribution in [2.24, 2.45) is 0 Å². The van der Waals surface area contributed by atoms with E-state index in [0.29, 0.717) is 22.6 Å². The van der Waals surface area contributed by atoms with E-state index in [1.54, 1.807) is 6.07 Å². The molecular weight excluding hydrogens is 546 g/mol. The first-order valence-electron chi connectivity index (χ1n) is 12.2. The van der Waals surface area contributed by atoms with E-state index >= 15 is 0 Å². The summed E-state index contributed by atoms with van der Waals surface area (Å²) in [6.45, 7) is -0.565. The van der Waals surface area contributed by atoms with Crippen molar-refractivity contribution in [2.75, 3.05) is 17.6 Å². The lowest BCUT2D eigenvalue weighted by Gasteiger charge is -2.25. The number of rotatable bonds is 8. The minimum atomic E-state index is -4.06. The molecule has 40 heavy (non-hydrogen) atoms. The SMILES string of the molecule is CNC(=O)c1c(-c2ccc(F)cc2)oc2cc(N(Cc3cc(C(=O)O)c(O)cc3F)S(C)(=O)=O)c(C3CC3)cc12. The topological polar surface area (TPSA) is 137 Å².